The highest BCUT2D eigenvalue weighted by Crippen LogP contribution is 2.28. The Bertz CT molecular complexity index is 671. The Hall–Kier alpha value is -2.35. The van der Waals surface area contributed by atoms with Crippen LogP contribution in [0.2, 0.25) is 0 Å². The second-order valence-corrected chi connectivity index (χ2v) is 4.47. The maximum Gasteiger partial charge on any atom is 0.339 e. The van der Waals surface area contributed by atoms with Gasteiger partial charge in [0, 0.05) is 23.4 Å². The minimum atomic E-state index is -0.533. The van der Waals surface area contributed by atoms with Crippen LogP contribution < -0.4 is 11.3 Å². The van der Waals surface area contributed by atoms with E-state index >= 15 is 0 Å². The summed E-state index contributed by atoms with van der Waals surface area (Å²) in [5.41, 5.74) is 5.53. The summed E-state index contributed by atoms with van der Waals surface area (Å²) in [4.78, 5) is 33.7. The van der Waals surface area contributed by atoms with E-state index in [2.05, 4.69) is 19.7 Å². The summed E-state index contributed by atoms with van der Waals surface area (Å²) in [6.45, 7) is 0. The first kappa shape index (κ1) is 13.1. The molecule has 0 spiro atoms. The average molecular weight is 278 g/mol. The highest BCUT2D eigenvalue weighted by Gasteiger charge is 2.15. The molecular weight excluding hydrogens is 268 g/mol. The molecule has 3 N–H and O–H groups in total. The van der Waals surface area contributed by atoms with Crippen LogP contribution in [0.3, 0.4) is 0 Å². The molecular formula is C11H10N4O3S. The quantitative estimate of drug-likeness (QED) is 0.627. The molecule has 19 heavy (non-hydrogen) atoms. The third kappa shape index (κ3) is 3.10. The Kier molecular flexibility index (Phi) is 3.81. The Morgan fingerprint density at radius 2 is 2.26 bits per heavy atom. The SMILES string of the molecule is COC(=O)c1cc(N)ncc1Sc1nccc(=O)[nH]1. The summed E-state index contributed by atoms with van der Waals surface area (Å²) in [5, 5.41) is 0.351. The Balaban J connectivity index is 2.39. The molecule has 7 nitrogen and oxygen atoms in total. The number of anilines is 1. The molecule has 0 aliphatic heterocycles. The number of nitrogens with zero attached hydrogens (tertiary/aromatic N) is 2. The minimum Gasteiger partial charge on any atom is -0.465 e. The lowest BCUT2D eigenvalue weighted by molar-refractivity contribution is 0.0596. The van der Waals surface area contributed by atoms with E-state index in [0.29, 0.717) is 10.1 Å². The van der Waals surface area contributed by atoms with E-state index in [9.17, 15) is 9.59 Å². The van der Waals surface area contributed by atoms with E-state index in [4.69, 9.17) is 5.73 Å². The number of esters is 1. The fraction of sp³-hybridized carbons (Fsp3) is 0.0909. The number of ether oxygens (including phenoxy) is 1. The maximum atomic E-state index is 11.6. The second-order valence-electron chi connectivity index (χ2n) is 3.44. The molecule has 0 aromatic carbocycles. The van der Waals surface area contributed by atoms with Crippen LogP contribution in [-0.4, -0.2) is 28.0 Å². The molecule has 0 bridgehead atoms. The molecule has 2 heterocycles. The first-order valence-corrected chi connectivity index (χ1v) is 5.99. The zero-order valence-corrected chi connectivity index (χ0v) is 10.7. The van der Waals surface area contributed by atoms with Crippen LogP contribution in [0.1, 0.15) is 10.4 Å². The van der Waals surface area contributed by atoms with Crippen LogP contribution in [0.4, 0.5) is 5.82 Å². The number of hydrogen-bond acceptors (Lipinski definition) is 7. The number of aromatic amines is 1. The molecule has 0 saturated carbocycles. The molecule has 2 rings (SSSR count). The first-order valence-electron chi connectivity index (χ1n) is 5.17. The second kappa shape index (κ2) is 5.53. The lowest BCUT2D eigenvalue weighted by Crippen LogP contribution is -2.07. The summed E-state index contributed by atoms with van der Waals surface area (Å²) in [7, 11) is 1.27. The van der Waals surface area contributed by atoms with Gasteiger partial charge < -0.3 is 15.5 Å². The first-order chi connectivity index (χ1) is 9.10. The van der Waals surface area contributed by atoms with Gasteiger partial charge in [0.25, 0.3) is 5.56 Å². The molecule has 0 amide bonds. The molecule has 2 aromatic heterocycles. The number of rotatable bonds is 3. The number of H-pyrrole nitrogens is 1. The number of carbonyl (C=O) groups excluding carboxylic acids is 1. The van der Waals surface area contributed by atoms with Crippen molar-refractivity contribution in [1.82, 2.24) is 15.0 Å². The van der Waals surface area contributed by atoms with Crippen molar-refractivity contribution >= 4 is 23.5 Å². The molecule has 0 aliphatic carbocycles. The number of nitrogen functional groups attached to an aromatic ring is 1. The van der Waals surface area contributed by atoms with Gasteiger partial charge >= 0.3 is 5.97 Å². The Morgan fingerprint density at radius 1 is 1.47 bits per heavy atom. The third-order valence-electron chi connectivity index (χ3n) is 2.15. The largest absolute Gasteiger partial charge is 0.465 e. The predicted octanol–water partition coefficient (Wildman–Crippen LogP) is 0.685. The monoisotopic (exact) mass is 278 g/mol. The standard InChI is InChI=1S/C11H10N4O3S/c1-18-10(17)6-4-8(12)14-5-7(6)19-11-13-3-2-9(16)15-11/h2-5H,1H3,(H2,12,14)(H,13,15,16). The molecule has 8 heteroatoms. The third-order valence-corrected chi connectivity index (χ3v) is 3.09. The van der Waals surface area contributed by atoms with E-state index in [1.165, 1.54) is 31.6 Å². The number of nitrogens with two attached hydrogens (primary N) is 1. The average Bonchev–Trinajstić information content (AvgIpc) is 2.40. The molecule has 98 valence electrons. The lowest BCUT2D eigenvalue weighted by atomic mass is 10.2. The number of hydrogen-bond donors (Lipinski definition) is 2. The fourth-order valence-electron chi connectivity index (χ4n) is 1.32. The van der Waals surface area contributed by atoms with Gasteiger partial charge in [0.15, 0.2) is 5.16 Å². The predicted molar refractivity (Wildman–Crippen MR) is 69.0 cm³/mol. The van der Waals surface area contributed by atoms with Crippen LogP contribution in [-0.2, 0) is 4.74 Å². The van der Waals surface area contributed by atoms with Gasteiger partial charge in [-0.2, -0.15) is 0 Å². The topological polar surface area (TPSA) is 111 Å². The molecule has 0 unspecified atom stereocenters. The van der Waals surface area contributed by atoms with Gasteiger partial charge in [0.1, 0.15) is 5.82 Å². The number of methoxy groups -OCH3 is 1. The van der Waals surface area contributed by atoms with E-state index in [0.717, 1.165) is 11.8 Å². The zero-order chi connectivity index (χ0) is 13.8. The van der Waals surface area contributed by atoms with Crippen LogP contribution in [0.5, 0.6) is 0 Å². The van der Waals surface area contributed by atoms with E-state index < -0.39 is 5.97 Å². The van der Waals surface area contributed by atoms with E-state index in [-0.39, 0.29) is 16.9 Å². The van der Waals surface area contributed by atoms with Crippen molar-refractivity contribution in [2.45, 2.75) is 10.1 Å². The molecule has 2 aromatic rings. The van der Waals surface area contributed by atoms with Crippen LogP contribution in [0, 0.1) is 0 Å². The molecule has 0 saturated heterocycles. The van der Waals surface area contributed by atoms with Crippen molar-refractivity contribution in [3.8, 4) is 0 Å². The number of aromatic nitrogens is 3. The number of pyridine rings is 1. The molecule has 0 aliphatic rings. The molecule has 0 radical (unpaired) electrons. The van der Waals surface area contributed by atoms with Crippen LogP contribution in [0.15, 0.2) is 39.4 Å². The van der Waals surface area contributed by atoms with Crippen molar-refractivity contribution in [3.63, 3.8) is 0 Å². The van der Waals surface area contributed by atoms with E-state index in [1.54, 1.807) is 0 Å². The Labute approximate surface area is 112 Å². The van der Waals surface area contributed by atoms with Gasteiger partial charge in [-0.05, 0) is 17.8 Å². The van der Waals surface area contributed by atoms with Gasteiger partial charge in [0.05, 0.1) is 12.7 Å². The number of carbonyl (C=O) groups is 1. The zero-order valence-electron chi connectivity index (χ0n) is 9.91. The van der Waals surface area contributed by atoms with Crippen LogP contribution in [0.25, 0.3) is 0 Å². The van der Waals surface area contributed by atoms with Gasteiger partial charge in [-0.1, -0.05) is 0 Å². The van der Waals surface area contributed by atoms with Gasteiger partial charge in [0.2, 0.25) is 0 Å². The molecule has 0 fully saturated rings. The fourth-order valence-corrected chi connectivity index (χ4v) is 2.15. The minimum absolute atomic E-state index is 0.208. The normalized spacial score (nSPS) is 10.2. The summed E-state index contributed by atoms with van der Waals surface area (Å²) >= 11 is 1.10. The van der Waals surface area contributed by atoms with Gasteiger partial charge in [-0.25, -0.2) is 14.8 Å². The highest BCUT2D eigenvalue weighted by molar-refractivity contribution is 7.99. The molecule has 0 atom stereocenters. The summed E-state index contributed by atoms with van der Waals surface area (Å²) in [6.07, 6.45) is 2.81. The van der Waals surface area contributed by atoms with Crippen LogP contribution >= 0.6 is 11.8 Å². The van der Waals surface area contributed by atoms with Gasteiger partial charge in [-0.3, -0.25) is 4.79 Å². The van der Waals surface area contributed by atoms with Crippen molar-refractivity contribution < 1.29 is 9.53 Å². The van der Waals surface area contributed by atoms with Gasteiger partial charge in [-0.15, -0.1) is 0 Å². The van der Waals surface area contributed by atoms with Crippen molar-refractivity contribution in [2.24, 2.45) is 0 Å². The maximum absolute atomic E-state index is 11.6. The van der Waals surface area contributed by atoms with Crippen molar-refractivity contribution in [1.29, 1.82) is 0 Å². The van der Waals surface area contributed by atoms with E-state index in [1.807, 2.05) is 0 Å². The lowest BCUT2D eigenvalue weighted by Gasteiger charge is -2.06. The Morgan fingerprint density at radius 3 is 2.95 bits per heavy atom. The van der Waals surface area contributed by atoms with Crippen molar-refractivity contribution in [3.05, 3.63) is 40.4 Å². The number of nitrogens with one attached hydrogen (secondary N) is 1. The summed E-state index contributed by atoms with van der Waals surface area (Å²) in [5.74, 6) is -0.325. The smallest absolute Gasteiger partial charge is 0.339 e. The summed E-state index contributed by atoms with van der Waals surface area (Å²) in [6, 6.07) is 2.71. The van der Waals surface area contributed by atoms with Crippen molar-refractivity contribution in [2.75, 3.05) is 12.8 Å². The highest BCUT2D eigenvalue weighted by atomic mass is 32.2. The summed E-state index contributed by atoms with van der Waals surface area (Å²) < 4.78 is 4.67.